The zero-order valence-corrected chi connectivity index (χ0v) is 17.0. The first kappa shape index (κ1) is 19.0. The SMILES string of the molecule is Cc1nnc(-c2ccc(C)c(-c3ccc(CC(=O)NCc4nccs4)cc3)c2)o1. The van der Waals surface area contributed by atoms with Gasteiger partial charge in [-0.05, 0) is 41.3 Å². The Labute approximate surface area is 172 Å². The molecule has 146 valence electrons. The average molecular weight is 404 g/mol. The van der Waals surface area contributed by atoms with Crippen molar-refractivity contribution in [1.82, 2.24) is 20.5 Å². The van der Waals surface area contributed by atoms with Crippen molar-refractivity contribution >= 4 is 17.2 Å². The number of hydrogen-bond donors (Lipinski definition) is 1. The van der Waals surface area contributed by atoms with Gasteiger partial charge in [0.15, 0.2) is 0 Å². The first-order valence-electron chi connectivity index (χ1n) is 9.24. The third-order valence-corrected chi connectivity index (χ3v) is 5.34. The number of aryl methyl sites for hydroxylation is 2. The van der Waals surface area contributed by atoms with Gasteiger partial charge in [0.2, 0.25) is 17.7 Å². The molecular formula is C22H20N4O2S. The third kappa shape index (κ3) is 4.57. The summed E-state index contributed by atoms with van der Waals surface area (Å²) in [5.41, 5.74) is 5.17. The van der Waals surface area contributed by atoms with Crippen molar-refractivity contribution in [1.29, 1.82) is 0 Å². The molecule has 0 aliphatic carbocycles. The number of nitrogens with one attached hydrogen (secondary N) is 1. The molecule has 1 N–H and O–H groups in total. The van der Waals surface area contributed by atoms with Crippen LogP contribution in [0, 0.1) is 13.8 Å². The lowest BCUT2D eigenvalue weighted by atomic mass is 9.96. The number of aromatic nitrogens is 3. The predicted molar refractivity (Wildman–Crippen MR) is 112 cm³/mol. The minimum Gasteiger partial charge on any atom is -0.421 e. The van der Waals surface area contributed by atoms with Gasteiger partial charge in [-0.3, -0.25) is 4.79 Å². The minimum atomic E-state index is -0.0158. The summed E-state index contributed by atoms with van der Waals surface area (Å²) in [6.07, 6.45) is 2.08. The van der Waals surface area contributed by atoms with Crippen molar-refractivity contribution in [3.8, 4) is 22.6 Å². The molecule has 0 spiro atoms. The third-order valence-electron chi connectivity index (χ3n) is 4.56. The molecular weight excluding hydrogens is 384 g/mol. The van der Waals surface area contributed by atoms with E-state index in [1.807, 2.05) is 41.8 Å². The molecule has 0 unspecified atom stereocenters. The lowest BCUT2D eigenvalue weighted by Crippen LogP contribution is -2.24. The quantitative estimate of drug-likeness (QED) is 0.517. The van der Waals surface area contributed by atoms with E-state index >= 15 is 0 Å². The summed E-state index contributed by atoms with van der Waals surface area (Å²) in [5, 5.41) is 13.7. The maximum Gasteiger partial charge on any atom is 0.247 e. The summed E-state index contributed by atoms with van der Waals surface area (Å²) < 4.78 is 5.54. The smallest absolute Gasteiger partial charge is 0.247 e. The van der Waals surface area contributed by atoms with Crippen molar-refractivity contribution in [2.45, 2.75) is 26.8 Å². The van der Waals surface area contributed by atoms with E-state index in [1.54, 1.807) is 13.1 Å². The summed E-state index contributed by atoms with van der Waals surface area (Å²) in [7, 11) is 0. The van der Waals surface area contributed by atoms with Gasteiger partial charge in [0, 0.05) is 24.1 Å². The molecule has 29 heavy (non-hydrogen) atoms. The molecule has 0 fully saturated rings. The highest BCUT2D eigenvalue weighted by molar-refractivity contribution is 7.09. The van der Waals surface area contributed by atoms with Gasteiger partial charge in [0.1, 0.15) is 5.01 Å². The molecule has 4 rings (SSSR count). The Balaban J connectivity index is 1.46. The number of rotatable bonds is 6. The zero-order chi connectivity index (χ0) is 20.2. The van der Waals surface area contributed by atoms with Gasteiger partial charge < -0.3 is 9.73 Å². The molecule has 7 heteroatoms. The van der Waals surface area contributed by atoms with Crippen LogP contribution in [0.3, 0.4) is 0 Å². The fraction of sp³-hybridized carbons (Fsp3) is 0.182. The van der Waals surface area contributed by atoms with E-state index in [1.165, 1.54) is 11.3 Å². The van der Waals surface area contributed by atoms with Crippen molar-refractivity contribution in [2.75, 3.05) is 0 Å². The Hall–Kier alpha value is -3.32. The first-order chi connectivity index (χ1) is 14.1. The van der Waals surface area contributed by atoms with Crippen molar-refractivity contribution in [3.05, 3.63) is 76.1 Å². The summed E-state index contributed by atoms with van der Waals surface area (Å²) in [4.78, 5) is 16.3. The monoisotopic (exact) mass is 404 g/mol. The van der Waals surface area contributed by atoms with E-state index in [2.05, 4.69) is 33.5 Å². The maximum atomic E-state index is 12.2. The normalized spacial score (nSPS) is 10.8. The van der Waals surface area contributed by atoms with E-state index < -0.39 is 0 Å². The van der Waals surface area contributed by atoms with E-state index in [-0.39, 0.29) is 5.91 Å². The second-order valence-electron chi connectivity index (χ2n) is 6.73. The summed E-state index contributed by atoms with van der Waals surface area (Å²) >= 11 is 1.53. The standard InChI is InChI=1S/C22H20N4O2S/c1-14-3-6-18(22-26-25-15(2)28-22)12-19(14)17-7-4-16(5-8-17)11-20(27)24-13-21-23-9-10-29-21/h3-10,12H,11,13H2,1-2H3,(H,24,27). The van der Waals surface area contributed by atoms with Crippen LogP contribution in [-0.2, 0) is 17.8 Å². The van der Waals surface area contributed by atoms with Crippen molar-refractivity contribution in [3.63, 3.8) is 0 Å². The molecule has 0 saturated carbocycles. The van der Waals surface area contributed by atoms with E-state index in [0.717, 1.165) is 32.8 Å². The van der Waals surface area contributed by atoms with Gasteiger partial charge in [-0.2, -0.15) is 0 Å². The highest BCUT2D eigenvalue weighted by Gasteiger charge is 2.10. The molecule has 0 radical (unpaired) electrons. The number of thiazole rings is 1. The van der Waals surface area contributed by atoms with Gasteiger partial charge in [-0.25, -0.2) is 4.98 Å². The van der Waals surface area contributed by atoms with Crippen molar-refractivity contribution < 1.29 is 9.21 Å². The topological polar surface area (TPSA) is 80.9 Å². The molecule has 0 saturated heterocycles. The largest absolute Gasteiger partial charge is 0.421 e. The molecule has 1 amide bonds. The van der Waals surface area contributed by atoms with Crippen LogP contribution in [-0.4, -0.2) is 21.1 Å². The maximum absolute atomic E-state index is 12.2. The lowest BCUT2D eigenvalue weighted by molar-refractivity contribution is -0.120. The first-order valence-corrected chi connectivity index (χ1v) is 10.1. The Morgan fingerprint density at radius 3 is 2.55 bits per heavy atom. The van der Waals surface area contributed by atoms with Crippen LogP contribution >= 0.6 is 11.3 Å². The Kier molecular flexibility index (Phi) is 5.48. The van der Waals surface area contributed by atoms with E-state index in [0.29, 0.717) is 24.7 Å². The van der Waals surface area contributed by atoms with Crippen LogP contribution in [0.25, 0.3) is 22.6 Å². The summed E-state index contributed by atoms with van der Waals surface area (Å²) in [6.45, 7) is 4.31. The molecule has 2 heterocycles. The van der Waals surface area contributed by atoms with Gasteiger partial charge >= 0.3 is 0 Å². The van der Waals surface area contributed by atoms with Gasteiger partial charge in [0.25, 0.3) is 0 Å². The predicted octanol–water partition coefficient (Wildman–Crippen LogP) is 4.34. The molecule has 0 atom stereocenters. The van der Waals surface area contributed by atoms with Gasteiger partial charge in [0.05, 0.1) is 13.0 Å². The zero-order valence-electron chi connectivity index (χ0n) is 16.2. The van der Waals surface area contributed by atoms with Crippen LogP contribution in [0.15, 0.2) is 58.5 Å². The van der Waals surface area contributed by atoms with Gasteiger partial charge in [-0.15, -0.1) is 21.5 Å². The number of benzene rings is 2. The number of carbonyl (C=O) groups is 1. The molecule has 4 aromatic rings. The Bertz CT molecular complexity index is 1120. The number of hydrogen-bond acceptors (Lipinski definition) is 6. The van der Waals surface area contributed by atoms with Crippen LogP contribution in [0.2, 0.25) is 0 Å². The fourth-order valence-corrected chi connectivity index (χ4v) is 3.60. The number of amides is 1. The average Bonchev–Trinajstić information content (AvgIpc) is 3.39. The Morgan fingerprint density at radius 1 is 1.07 bits per heavy atom. The molecule has 2 aromatic heterocycles. The van der Waals surface area contributed by atoms with Crippen molar-refractivity contribution in [2.24, 2.45) is 0 Å². The Morgan fingerprint density at radius 2 is 1.86 bits per heavy atom. The van der Waals surface area contributed by atoms with Crippen LogP contribution in [0.1, 0.15) is 22.0 Å². The van der Waals surface area contributed by atoms with E-state index in [4.69, 9.17) is 4.42 Å². The minimum absolute atomic E-state index is 0.0158. The fourth-order valence-electron chi connectivity index (χ4n) is 3.04. The van der Waals surface area contributed by atoms with Crippen LogP contribution in [0.5, 0.6) is 0 Å². The molecule has 0 aliphatic rings. The highest BCUT2D eigenvalue weighted by Crippen LogP contribution is 2.29. The molecule has 2 aromatic carbocycles. The molecule has 0 bridgehead atoms. The van der Waals surface area contributed by atoms with Gasteiger partial charge in [-0.1, -0.05) is 30.3 Å². The molecule has 6 nitrogen and oxygen atoms in total. The molecule has 0 aliphatic heterocycles. The second kappa shape index (κ2) is 8.36. The van der Waals surface area contributed by atoms with Crippen LogP contribution in [0.4, 0.5) is 0 Å². The van der Waals surface area contributed by atoms with E-state index in [9.17, 15) is 4.79 Å². The lowest BCUT2D eigenvalue weighted by Gasteiger charge is -2.09. The number of nitrogens with zero attached hydrogens (tertiary/aromatic N) is 3. The summed E-state index contributed by atoms with van der Waals surface area (Å²) in [6, 6.07) is 14.1. The summed E-state index contributed by atoms with van der Waals surface area (Å²) in [5.74, 6) is 1.04. The second-order valence-corrected chi connectivity index (χ2v) is 7.71. The van der Waals surface area contributed by atoms with Crippen LogP contribution < -0.4 is 5.32 Å². The highest BCUT2D eigenvalue weighted by atomic mass is 32.1. The number of carbonyl (C=O) groups excluding carboxylic acids is 1.